The van der Waals surface area contributed by atoms with Crippen molar-refractivity contribution in [3.63, 3.8) is 0 Å². The van der Waals surface area contributed by atoms with Gasteiger partial charge in [-0.1, -0.05) is 33.8 Å². The lowest BCUT2D eigenvalue weighted by molar-refractivity contribution is 0.183. The molecule has 8 heteroatoms. The molecule has 0 saturated heterocycles. The van der Waals surface area contributed by atoms with Crippen LogP contribution < -0.4 is 5.56 Å². The van der Waals surface area contributed by atoms with Crippen molar-refractivity contribution in [1.29, 1.82) is 0 Å². The van der Waals surface area contributed by atoms with Gasteiger partial charge in [0, 0.05) is 29.7 Å². The zero-order chi connectivity index (χ0) is 19.7. The maximum atomic E-state index is 13.0. The number of fused-ring (bicyclic) bond motifs is 2. The molecule has 3 heterocycles. The smallest absolute Gasteiger partial charge is 0.262 e. The van der Waals surface area contributed by atoms with Crippen LogP contribution >= 0.6 is 27.7 Å². The fraction of sp³-hybridized carbons (Fsp3) is 0.250. The Kier molecular flexibility index (Phi) is 5.52. The molecule has 0 radical (unpaired) electrons. The van der Waals surface area contributed by atoms with Gasteiger partial charge >= 0.3 is 0 Å². The highest BCUT2D eigenvalue weighted by Crippen LogP contribution is 2.24. The number of benzene rings is 1. The minimum Gasteiger partial charge on any atom is -0.383 e. The molecular weight excluding hydrogens is 440 g/mol. The van der Waals surface area contributed by atoms with Gasteiger partial charge in [0.25, 0.3) is 5.56 Å². The molecule has 0 spiro atoms. The van der Waals surface area contributed by atoms with Crippen LogP contribution in [-0.2, 0) is 17.0 Å². The second kappa shape index (κ2) is 8.06. The molecule has 0 aliphatic rings. The third-order valence-corrected chi connectivity index (χ3v) is 5.98. The topological polar surface area (TPSA) is 61.4 Å². The van der Waals surface area contributed by atoms with Gasteiger partial charge in [-0.15, -0.1) is 0 Å². The summed E-state index contributed by atoms with van der Waals surface area (Å²) in [5, 5.41) is 1.27. The highest BCUT2D eigenvalue weighted by atomic mass is 79.9. The number of rotatable bonds is 6. The van der Waals surface area contributed by atoms with Gasteiger partial charge in [-0.2, -0.15) is 0 Å². The number of aryl methyl sites for hydroxylation is 1. The summed E-state index contributed by atoms with van der Waals surface area (Å²) in [5.74, 6) is 0.628. The maximum Gasteiger partial charge on any atom is 0.262 e. The lowest BCUT2D eigenvalue weighted by Gasteiger charge is -2.12. The quantitative estimate of drug-likeness (QED) is 0.322. The standard InChI is InChI=1S/C20H19BrN4O2S/c1-13-4-3-7-24-11-15(22-18(13)24)12-28-20-23-17-6-5-14(21)10-16(17)19(26)25(20)8-9-27-2/h3-7,10-11H,8-9,12H2,1-2H3. The molecule has 0 fully saturated rings. The predicted octanol–water partition coefficient (Wildman–Crippen LogP) is 4.05. The van der Waals surface area contributed by atoms with E-state index in [0.29, 0.717) is 35.0 Å². The van der Waals surface area contributed by atoms with Crippen molar-refractivity contribution in [2.45, 2.75) is 24.4 Å². The van der Waals surface area contributed by atoms with E-state index >= 15 is 0 Å². The molecule has 4 rings (SSSR count). The largest absolute Gasteiger partial charge is 0.383 e. The van der Waals surface area contributed by atoms with E-state index in [2.05, 4.69) is 15.9 Å². The number of hydrogen-bond acceptors (Lipinski definition) is 5. The highest BCUT2D eigenvalue weighted by molar-refractivity contribution is 9.10. The number of methoxy groups -OCH3 is 1. The van der Waals surface area contributed by atoms with Crippen molar-refractivity contribution < 1.29 is 4.74 Å². The van der Waals surface area contributed by atoms with E-state index in [0.717, 1.165) is 21.4 Å². The Morgan fingerprint density at radius 3 is 2.89 bits per heavy atom. The minimum absolute atomic E-state index is 0.0586. The Labute approximate surface area is 174 Å². The van der Waals surface area contributed by atoms with E-state index in [9.17, 15) is 4.79 Å². The van der Waals surface area contributed by atoms with Crippen molar-refractivity contribution in [1.82, 2.24) is 18.9 Å². The van der Waals surface area contributed by atoms with Crippen LogP contribution in [0.25, 0.3) is 16.6 Å². The van der Waals surface area contributed by atoms with Crippen LogP contribution in [0, 0.1) is 6.92 Å². The third kappa shape index (κ3) is 3.72. The van der Waals surface area contributed by atoms with Gasteiger partial charge in [-0.25, -0.2) is 9.97 Å². The Hall–Kier alpha value is -2.16. The zero-order valence-electron chi connectivity index (χ0n) is 15.6. The van der Waals surface area contributed by atoms with Crippen LogP contribution in [0.4, 0.5) is 0 Å². The Morgan fingerprint density at radius 2 is 2.11 bits per heavy atom. The zero-order valence-corrected chi connectivity index (χ0v) is 18.0. The molecule has 0 aliphatic heterocycles. The Morgan fingerprint density at radius 1 is 1.25 bits per heavy atom. The van der Waals surface area contributed by atoms with Crippen molar-refractivity contribution >= 4 is 44.2 Å². The van der Waals surface area contributed by atoms with Gasteiger partial charge in [0.2, 0.25) is 0 Å². The summed E-state index contributed by atoms with van der Waals surface area (Å²) in [4.78, 5) is 22.5. The lowest BCUT2D eigenvalue weighted by Crippen LogP contribution is -2.25. The average Bonchev–Trinajstić information content (AvgIpc) is 3.11. The fourth-order valence-corrected chi connectivity index (χ4v) is 4.35. The first-order valence-corrected chi connectivity index (χ1v) is 10.6. The van der Waals surface area contributed by atoms with E-state index < -0.39 is 0 Å². The van der Waals surface area contributed by atoms with E-state index in [4.69, 9.17) is 14.7 Å². The van der Waals surface area contributed by atoms with Crippen molar-refractivity contribution in [2.24, 2.45) is 0 Å². The second-order valence-electron chi connectivity index (χ2n) is 6.45. The van der Waals surface area contributed by atoms with Gasteiger partial charge in [0.1, 0.15) is 5.65 Å². The number of hydrogen-bond donors (Lipinski definition) is 0. The van der Waals surface area contributed by atoms with Crippen LogP contribution in [0.5, 0.6) is 0 Å². The summed E-state index contributed by atoms with van der Waals surface area (Å²) in [6.45, 7) is 2.95. The summed E-state index contributed by atoms with van der Waals surface area (Å²) < 4.78 is 9.75. The lowest BCUT2D eigenvalue weighted by atomic mass is 10.2. The molecule has 28 heavy (non-hydrogen) atoms. The average molecular weight is 459 g/mol. The van der Waals surface area contributed by atoms with Crippen LogP contribution in [0.2, 0.25) is 0 Å². The van der Waals surface area contributed by atoms with Crippen LogP contribution in [0.15, 0.2) is 57.1 Å². The van der Waals surface area contributed by atoms with Crippen LogP contribution in [0.1, 0.15) is 11.3 Å². The van der Waals surface area contributed by atoms with Crippen molar-refractivity contribution in [3.05, 3.63) is 68.8 Å². The second-order valence-corrected chi connectivity index (χ2v) is 8.31. The molecule has 144 valence electrons. The third-order valence-electron chi connectivity index (χ3n) is 4.48. The van der Waals surface area contributed by atoms with Crippen molar-refractivity contribution in [2.75, 3.05) is 13.7 Å². The molecule has 6 nitrogen and oxygen atoms in total. The minimum atomic E-state index is -0.0586. The first kappa shape index (κ1) is 19.2. The molecule has 4 aromatic rings. The Bertz CT molecular complexity index is 1220. The number of ether oxygens (including phenoxy) is 1. The van der Waals surface area contributed by atoms with Gasteiger partial charge in [0.15, 0.2) is 5.16 Å². The predicted molar refractivity (Wildman–Crippen MR) is 115 cm³/mol. The monoisotopic (exact) mass is 458 g/mol. The summed E-state index contributed by atoms with van der Waals surface area (Å²) >= 11 is 4.94. The molecule has 3 aromatic heterocycles. The molecule has 1 aromatic carbocycles. The summed E-state index contributed by atoms with van der Waals surface area (Å²) in [5.41, 5.74) is 3.66. The fourth-order valence-electron chi connectivity index (χ4n) is 3.08. The molecular formula is C20H19BrN4O2S. The van der Waals surface area contributed by atoms with E-state index in [1.165, 1.54) is 11.8 Å². The van der Waals surface area contributed by atoms with Gasteiger partial charge in [0.05, 0.1) is 29.7 Å². The first-order valence-electron chi connectivity index (χ1n) is 8.82. The van der Waals surface area contributed by atoms with Crippen LogP contribution in [-0.4, -0.2) is 32.7 Å². The number of aromatic nitrogens is 4. The maximum absolute atomic E-state index is 13.0. The Balaban J connectivity index is 1.70. The van der Waals surface area contributed by atoms with E-state index in [1.54, 1.807) is 11.7 Å². The molecule has 0 amide bonds. The molecule has 0 bridgehead atoms. The number of thioether (sulfide) groups is 1. The normalized spacial score (nSPS) is 11.5. The van der Waals surface area contributed by atoms with Gasteiger partial charge in [-0.05, 0) is 36.8 Å². The summed E-state index contributed by atoms with van der Waals surface area (Å²) in [7, 11) is 1.63. The number of pyridine rings is 1. The molecule has 0 aliphatic carbocycles. The molecule has 0 N–H and O–H groups in total. The number of halogens is 1. The molecule has 0 saturated carbocycles. The molecule has 0 atom stereocenters. The van der Waals surface area contributed by atoms with Crippen LogP contribution in [0.3, 0.4) is 0 Å². The van der Waals surface area contributed by atoms with Gasteiger partial charge < -0.3 is 9.14 Å². The van der Waals surface area contributed by atoms with E-state index in [-0.39, 0.29) is 5.56 Å². The number of nitrogens with zero attached hydrogens (tertiary/aromatic N) is 4. The SMILES string of the molecule is COCCn1c(SCc2cn3cccc(C)c3n2)nc2ccc(Br)cc2c1=O. The van der Waals surface area contributed by atoms with Crippen molar-refractivity contribution in [3.8, 4) is 0 Å². The summed E-state index contributed by atoms with van der Waals surface area (Å²) in [6, 6.07) is 9.62. The van der Waals surface area contributed by atoms with Gasteiger partial charge in [-0.3, -0.25) is 9.36 Å². The first-order chi connectivity index (χ1) is 13.6. The number of imidazole rings is 1. The van der Waals surface area contributed by atoms with E-state index in [1.807, 2.05) is 54.0 Å². The summed E-state index contributed by atoms with van der Waals surface area (Å²) in [6.07, 6.45) is 4.01. The highest BCUT2D eigenvalue weighted by Gasteiger charge is 2.13. The molecule has 0 unspecified atom stereocenters.